The fourth-order valence-corrected chi connectivity index (χ4v) is 3.14. The lowest BCUT2D eigenvalue weighted by atomic mass is 10.1. The molecular formula is C21H19N3O4S. The van der Waals surface area contributed by atoms with Crippen molar-refractivity contribution in [2.24, 2.45) is 0 Å². The van der Waals surface area contributed by atoms with Gasteiger partial charge in [0.1, 0.15) is 12.4 Å². The normalized spacial score (nSPS) is 10.8. The Morgan fingerprint density at radius 2 is 2.10 bits per heavy atom. The molecule has 3 aromatic rings. The molecule has 8 heteroatoms. The average molecular weight is 409 g/mol. The van der Waals surface area contributed by atoms with Crippen molar-refractivity contribution in [2.45, 2.75) is 20.5 Å². The van der Waals surface area contributed by atoms with Crippen LogP contribution in [-0.4, -0.2) is 15.8 Å². The summed E-state index contributed by atoms with van der Waals surface area (Å²) in [6.07, 6.45) is 3.03. The van der Waals surface area contributed by atoms with Gasteiger partial charge < -0.3 is 10.1 Å². The van der Waals surface area contributed by atoms with E-state index in [2.05, 4.69) is 10.3 Å². The summed E-state index contributed by atoms with van der Waals surface area (Å²) in [7, 11) is 0. The molecule has 0 aliphatic rings. The van der Waals surface area contributed by atoms with E-state index in [1.807, 2.05) is 36.6 Å². The molecule has 0 fully saturated rings. The van der Waals surface area contributed by atoms with Gasteiger partial charge in [-0.3, -0.25) is 14.9 Å². The molecule has 0 saturated heterocycles. The number of amides is 1. The third-order valence-electron chi connectivity index (χ3n) is 4.03. The van der Waals surface area contributed by atoms with Crippen LogP contribution in [0.2, 0.25) is 0 Å². The number of ether oxygens (including phenoxy) is 1. The maximum Gasteiger partial charge on any atom is 0.271 e. The SMILES string of the molecule is Cc1nc(COc2cccc(/C=C/C(=O)Nc3cc([N+](=O)[O-])ccc3C)c2)cs1. The highest BCUT2D eigenvalue weighted by Crippen LogP contribution is 2.22. The zero-order chi connectivity index (χ0) is 20.8. The number of aryl methyl sites for hydroxylation is 2. The van der Waals surface area contributed by atoms with Crippen molar-refractivity contribution < 1.29 is 14.5 Å². The summed E-state index contributed by atoms with van der Waals surface area (Å²) in [4.78, 5) is 27.0. The Labute approximate surface area is 171 Å². The Morgan fingerprint density at radius 3 is 2.83 bits per heavy atom. The van der Waals surface area contributed by atoms with Crippen LogP contribution in [0, 0.1) is 24.0 Å². The summed E-state index contributed by atoms with van der Waals surface area (Å²) < 4.78 is 5.75. The second-order valence-corrected chi connectivity index (χ2v) is 7.36. The smallest absolute Gasteiger partial charge is 0.271 e. The molecule has 1 heterocycles. The number of non-ortho nitro benzene ring substituents is 1. The van der Waals surface area contributed by atoms with Gasteiger partial charge in [0.2, 0.25) is 5.91 Å². The second-order valence-electron chi connectivity index (χ2n) is 6.30. The molecule has 29 heavy (non-hydrogen) atoms. The number of nitro benzene ring substituents is 1. The molecule has 7 nitrogen and oxygen atoms in total. The number of aromatic nitrogens is 1. The predicted octanol–water partition coefficient (Wildman–Crippen LogP) is 4.90. The van der Waals surface area contributed by atoms with Crippen LogP contribution in [0.4, 0.5) is 11.4 Å². The predicted molar refractivity (Wildman–Crippen MR) is 113 cm³/mol. The molecular weight excluding hydrogens is 390 g/mol. The topological polar surface area (TPSA) is 94.4 Å². The first kappa shape index (κ1) is 20.2. The van der Waals surface area contributed by atoms with Gasteiger partial charge in [0.25, 0.3) is 5.69 Å². The lowest BCUT2D eigenvalue weighted by Gasteiger charge is -2.06. The number of rotatable bonds is 7. The molecule has 0 saturated carbocycles. The van der Waals surface area contributed by atoms with Crippen molar-refractivity contribution in [3.63, 3.8) is 0 Å². The van der Waals surface area contributed by atoms with E-state index >= 15 is 0 Å². The molecule has 0 aliphatic heterocycles. The summed E-state index contributed by atoms with van der Waals surface area (Å²) in [5, 5.41) is 16.5. The summed E-state index contributed by atoms with van der Waals surface area (Å²) in [6, 6.07) is 11.7. The summed E-state index contributed by atoms with van der Waals surface area (Å²) in [6.45, 7) is 4.09. The van der Waals surface area contributed by atoms with E-state index in [1.165, 1.54) is 18.2 Å². The number of hydrogen-bond acceptors (Lipinski definition) is 6. The zero-order valence-corrected chi connectivity index (χ0v) is 16.7. The molecule has 0 atom stereocenters. The largest absolute Gasteiger partial charge is 0.487 e. The molecule has 0 spiro atoms. The van der Waals surface area contributed by atoms with Crippen molar-refractivity contribution >= 4 is 34.7 Å². The number of hydrogen-bond donors (Lipinski definition) is 1. The summed E-state index contributed by atoms with van der Waals surface area (Å²) >= 11 is 1.57. The molecule has 2 aromatic carbocycles. The Bertz CT molecular complexity index is 1080. The van der Waals surface area contributed by atoms with Gasteiger partial charge in [-0.2, -0.15) is 0 Å². The lowest BCUT2D eigenvalue weighted by molar-refractivity contribution is -0.384. The van der Waals surface area contributed by atoms with E-state index < -0.39 is 4.92 Å². The lowest BCUT2D eigenvalue weighted by Crippen LogP contribution is -2.09. The maximum atomic E-state index is 12.2. The zero-order valence-electron chi connectivity index (χ0n) is 15.9. The van der Waals surface area contributed by atoms with Crippen LogP contribution < -0.4 is 10.1 Å². The van der Waals surface area contributed by atoms with Gasteiger partial charge in [-0.25, -0.2) is 4.98 Å². The fourth-order valence-electron chi connectivity index (χ4n) is 2.54. The van der Waals surface area contributed by atoms with E-state index in [-0.39, 0.29) is 11.6 Å². The first-order valence-electron chi connectivity index (χ1n) is 8.79. The Hall–Kier alpha value is -3.52. The first-order valence-corrected chi connectivity index (χ1v) is 9.66. The van der Waals surface area contributed by atoms with E-state index in [9.17, 15) is 14.9 Å². The van der Waals surface area contributed by atoms with E-state index in [0.29, 0.717) is 18.0 Å². The van der Waals surface area contributed by atoms with E-state index in [0.717, 1.165) is 21.8 Å². The van der Waals surface area contributed by atoms with Crippen molar-refractivity contribution in [1.29, 1.82) is 0 Å². The highest BCUT2D eigenvalue weighted by Gasteiger charge is 2.10. The van der Waals surface area contributed by atoms with Crippen LogP contribution in [0.3, 0.4) is 0 Å². The maximum absolute atomic E-state index is 12.2. The van der Waals surface area contributed by atoms with Crippen LogP contribution in [-0.2, 0) is 11.4 Å². The number of anilines is 1. The van der Waals surface area contributed by atoms with Gasteiger partial charge in [0, 0.05) is 23.6 Å². The van der Waals surface area contributed by atoms with Gasteiger partial charge >= 0.3 is 0 Å². The summed E-state index contributed by atoms with van der Waals surface area (Å²) in [5.74, 6) is 0.297. The Morgan fingerprint density at radius 1 is 1.28 bits per heavy atom. The number of nitrogens with zero attached hydrogens (tertiary/aromatic N) is 2. The number of thiazole rings is 1. The third kappa shape index (κ3) is 5.73. The van der Waals surface area contributed by atoms with Gasteiger partial charge in [-0.05, 0) is 43.2 Å². The van der Waals surface area contributed by atoms with Crippen molar-refractivity contribution in [2.75, 3.05) is 5.32 Å². The standard InChI is InChI=1S/C21H19N3O4S/c1-14-6-8-18(24(26)27)11-20(14)23-21(25)9-7-16-4-3-5-19(10-16)28-12-17-13-29-15(2)22-17/h3-11,13H,12H2,1-2H3,(H,23,25)/b9-7+. The quantitative estimate of drug-likeness (QED) is 0.340. The fraction of sp³-hybridized carbons (Fsp3) is 0.143. The first-order chi connectivity index (χ1) is 13.9. The highest BCUT2D eigenvalue weighted by atomic mass is 32.1. The van der Waals surface area contributed by atoms with Gasteiger partial charge in [-0.1, -0.05) is 18.2 Å². The van der Waals surface area contributed by atoms with Crippen LogP contribution >= 0.6 is 11.3 Å². The minimum atomic E-state index is -0.497. The van der Waals surface area contributed by atoms with Crippen molar-refractivity contribution in [3.05, 3.63) is 85.9 Å². The minimum Gasteiger partial charge on any atom is -0.487 e. The molecule has 1 amide bonds. The molecule has 148 valence electrons. The Kier molecular flexibility index (Phi) is 6.36. The number of benzene rings is 2. The summed E-state index contributed by atoms with van der Waals surface area (Å²) in [5.41, 5.74) is 2.74. The molecule has 3 rings (SSSR count). The number of nitrogens with one attached hydrogen (secondary N) is 1. The van der Waals surface area contributed by atoms with Gasteiger partial charge in [-0.15, -0.1) is 11.3 Å². The molecule has 0 bridgehead atoms. The van der Waals surface area contributed by atoms with Crippen LogP contribution in [0.1, 0.15) is 21.8 Å². The van der Waals surface area contributed by atoms with E-state index in [1.54, 1.807) is 30.4 Å². The number of carbonyl (C=O) groups is 1. The van der Waals surface area contributed by atoms with Crippen molar-refractivity contribution in [3.8, 4) is 5.75 Å². The minimum absolute atomic E-state index is 0.0740. The molecule has 0 unspecified atom stereocenters. The average Bonchev–Trinajstić information content (AvgIpc) is 3.12. The molecule has 1 aromatic heterocycles. The van der Waals surface area contributed by atoms with Gasteiger partial charge in [0.15, 0.2) is 0 Å². The molecule has 0 radical (unpaired) electrons. The monoisotopic (exact) mass is 409 g/mol. The Balaban J connectivity index is 1.63. The molecule has 1 N–H and O–H groups in total. The number of carbonyl (C=O) groups excluding carboxylic acids is 1. The van der Waals surface area contributed by atoms with Crippen LogP contribution in [0.15, 0.2) is 53.9 Å². The molecule has 0 aliphatic carbocycles. The second kappa shape index (κ2) is 9.11. The highest BCUT2D eigenvalue weighted by molar-refractivity contribution is 7.09. The number of nitro groups is 1. The van der Waals surface area contributed by atoms with Gasteiger partial charge in [0.05, 0.1) is 21.3 Å². The van der Waals surface area contributed by atoms with Crippen LogP contribution in [0.5, 0.6) is 5.75 Å². The third-order valence-corrected chi connectivity index (χ3v) is 4.85. The van der Waals surface area contributed by atoms with E-state index in [4.69, 9.17) is 4.74 Å². The van der Waals surface area contributed by atoms with Crippen LogP contribution in [0.25, 0.3) is 6.08 Å². The van der Waals surface area contributed by atoms with Crippen molar-refractivity contribution in [1.82, 2.24) is 4.98 Å².